The van der Waals surface area contributed by atoms with Gasteiger partial charge in [0.15, 0.2) is 0 Å². The fourth-order valence-electron chi connectivity index (χ4n) is 7.53. The first-order valence-electron chi connectivity index (χ1n) is 19.1. The summed E-state index contributed by atoms with van der Waals surface area (Å²) in [5.41, 5.74) is 5.69. The first-order chi connectivity index (χ1) is 27.5. The number of aromatic amines is 2. The van der Waals surface area contributed by atoms with E-state index in [4.69, 9.17) is 19.2 Å². The van der Waals surface area contributed by atoms with Gasteiger partial charge in [-0.1, -0.05) is 62.4 Å². The van der Waals surface area contributed by atoms with Crippen LogP contribution in [-0.4, -0.2) is 118 Å². The topological polar surface area (TPSA) is 184 Å². The van der Waals surface area contributed by atoms with Crippen LogP contribution in [0.1, 0.15) is 63.8 Å². The highest BCUT2D eigenvalue weighted by Crippen LogP contribution is 2.38. The Morgan fingerprint density at radius 2 is 1.23 bits per heavy atom. The van der Waals surface area contributed by atoms with Crippen LogP contribution in [0.4, 0.5) is 9.59 Å². The van der Waals surface area contributed by atoms with Gasteiger partial charge in [0.25, 0.3) is 0 Å². The fraction of sp³-hybridized carbons (Fsp3) is 0.463. The Hall–Kier alpha value is -5.35. The predicted octanol–water partition coefficient (Wildman–Crippen LogP) is 5.94. The molecule has 16 heteroatoms. The molecule has 2 saturated heterocycles. The molecule has 304 valence electrons. The van der Waals surface area contributed by atoms with E-state index >= 15 is 0 Å². The van der Waals surface area contributed by atoms with E-state index < -0.39 is 30.4 Å². The summed E-state index contributed by atoms with van der Waals surface area (Å²) in [5.74, 6) is 0.891. The number of hydrogen-bond donors (Lipinski definition) is 4. The molecular formula is C41H52N8O7S. The summed E-state index contributed by atoms with van der Waals surface area (Å²) in [6, 6.07) is 14.3. The maximum atomic E-state index is 13.8. The van der Waals surface area contributed by atoms with Crippen LogP contribution < -0.4 is 10.6 Å². The van der Waals surface area contributed by atoms with Crippen molar-refractivity contribution in [3.63, 3.8) is 0 Å². The number of thioether (sulfide) groups is 1. The molecule has 4 aromatic rings. The molecule has 2 fully saturated rings. The van der Waals surface area contributed by atoms with E-state index in [-0.39, 0.29) is 35.1 Å². The average molecular weight is 801 g/mol. The molecule has 0 radical (unpaired) electrons. The SMILES string of the molecule is COC(=O)N[C@H](C(=O)N1CCC[C@H]1c1ncc(-c2ccc(-c3ccc(-c4cnc([C@@H]5C[C@H](SC)CN5C(=O)[C@@H](NC(=O)OC)[C@@H](C)OC)[nH]4)cc3)cc2)[nH]1)C(C)C. The van der Waals surface area contributed by atoms with E-state index in [0.717, 1.165) is 52.3 Å². The van der Waals surface area contributed by atoms with Gasteiger partial charge in [0.1, 0.15) is 23.7 Å². The zero-order chi connectivity index (χ0) is 40.8. The number of alkyl carbamates (subject to hydrolysis) is 2. The van der Waals surface area contributed by atoms with Crippen molar-refractivity contribution in [1.29, 1.82) is 0 Å². The number of carbonyl (C=O) groups is 4. The van der Waals surface area contributed by atoms with Gasteiger partial charge in [-0.3, -0.25) is 9.59 Å². The van der Waals surface area contributed by atoms with Crippen LogP contribution in [0.2, 0.25) is 0 Å². The molecule has 6 atom stereocenters. The Bertz CT molecular complexity index is 2020. The summed E-state index contributed by atoms with van der Waals surface area (Å²) >= 11 is 1.70. The van der Waals surface area contributed by atoms with Gasteiger partial charge in [-0.05, 0) is 60.6 Å². The number of imidazole rings is 2. The van der Waals surface area contributed by atoms with Crippen molar-refractivity contribution in [3.05, 3.63) is 72.6 Å². The molecular weight excluding hydrogens is 749 g/mol. The molecule has 0 bridgehead atoms. The number of nitrogens with one attached hydrogen (secondary N) is 4. The van der Waals surface area contributed by atoms with Crippen molar-refractivity contribution in [1.82, 2.24) is 40.4 Å². The lowest BCUT2D eigenvalue weighted by molar-refractivity contribution is -0.137. The molecule has 4 amide bonds. The van der Waals surface area contributed by atoms with Gasteiger partial charge < -0.3 is 44.6 Å². The molecule has 0 spiro atoms. The molecule has 0 aliphatic carbocycles. The number of ether oxygens (including phenoxy) is 3. The molecule has 4 N–H and O–H groups in total. The summed E-state index contributed by atoms with van der Waals surface area (Å²) in [4.78, 5) is 71.3. The zero-order valence-electron chi connectivity index (χ0n) is 33.4. The minimum Gasteiger partial charge on any atom is -0.453 e. The molecule has 0 saturated carbocycles. The summed E-state index contributed by atoms with van der Waals surface area (Å²) in [5, 5.41) is 5.54. The van der Waals surface area contributed by atoms with E-state index in [0.29, 0.717) is 25.3 Å². The molecule has 2 aliphatic rings. The molecule has 6 rings (SSSR count). The number of methoxy groups -OCH3 is 3. The second-order valence-electron chi connectivity index (χ2n) is 14.7. The molecule has 4 heterocycles. The Labute approximate surface area is 337 Å². The van der Waals surface area contributed by atoms with Crippen molar-refractivity contribution in [2.24, 2.45) is 5.92 Å². The largest absolute Gasteiger partial charge is 0.453 e. The third-order valence-corrected chi connectivity index (χ3v) is 11.9. The standard InChI is InChI=1S/C41H52N8O7S/c1-23(2)34(46-40(52)55-5)38(50)48-18-8-9-32(48)36-42-20-30(44-36)27-14-10-25(11-15-27)26-12-16-28(17-13-26)31-21-43-37(45-31)33-19-29(57-7)22-49(33)39(51)35(24(3)54-4)47-41(53)56-6/h10-17,20-21,23-24,29,32-35H,8-9,18-19,22H2,1-7H3,(H,42,44)(H,43,45)(H,46,52)(H,47,53)/t24-,29+,32+,33+,34+,35+/m1/s1. The summed E-state index contributed by atoms with van der Waals surface area (Å²) in [7, 11) is 4.05. The van der Waals surface area contributed by atoms with Crippen molar-refractivity contribution in [3.8, 4) is 33.6 Å². The number of aromatic nitrogens is 4. The van der Waals surface area contributed by atoms with E-state index in [1.165, 1.54) is 21.3 Å². The second-order valence-corrected chi connectivity index (χ2v) is 15.9. The van der Waals surface area contributed by atoms with Crippen LogP contribution in [0, 0.1) is 5.92 Å². The van der Waals surface area contributed by atoms with Gasteiger partial charge in [0.05, 0.1) is 56.2 Å². The van der Waals surface area contributed by atoms with Gasteiger partial charge in [-0.25, -0.2) is 19.6 Å². The highest BCUT2D eigenvalue weighted by Gasteiger charge is 2.42. The third-order valence-electron chi connectivity index (χ3n) is 10.9. The van der Waals surface area contributed by atoms with Crippen LogP contribution in [0.3, 0.4) is 0 Å². The lowest BCUT2D eigenvalue weighted by Gasteiger charge is -2.30. The number of rotatable bonds is 13. The van der Waals surface area contributed by atoms with Gasteiger partial charge in [0, 0.05) is 25.4 Å². The van der Waals surface area contributed by atoms with Crippen molar-refractivity contribution < 1.29 is 33.4 Å². The molecule has 2 aliphatic heterocycles. The number of benzene rings is 2. The predicted molar refractivity (Wildman–Crippen MR) is 217 cm³/mol. The van der Waals surface area contributed by atoms with Gasteiger partial charge in [-0.15, -0.1) is 0 Å². The average Bonchev–Trinajstić information content (AvgIpc) is 4.07. The quantitative estimate of drug-likeness (QED) is 0.126. The third kappa shape index (κ3) is 9.12. The molecule has 2 aromatic carbocycles. The monoisotopic (exact) mass is 800 g/mol. The molecule has 0 unspecified atom stereocenters. The second kappa shape index (κ2) is 18.3. The van der Waals surface area contributed by atoms with E-state index in [1.807, 2.05) is 44.4 Å². The van der Waals surface area contributed by atoms with E-state index in [1.54, 1.807) is 40.9 Å². The van der Waals surface area contributed by atoms with Crippen LogP contribution in [-0.2, 0) is 23.8 Å². The van der Waals surface area contributed by atoms with Crippen LogP contribution in [0.25, 0.3) is 33.6 Å². The van der Waals surface area contributed by atoms with Crippen molar-refractivity contribution in [2.45, 2.75) is 75.6 Å². The number of H-pyrrole nitrogens is 2. The fourth-order valence-corrected chi connectivity index (χ4v) is 8.22. The van der Waals surface area contributed by atoms with Gasteiger partial charge >= 0.3 is 12.2 Å². The molecule has 15 nitrogen and oxygen atoms in total. The van der Waals surface area contributed by atoms with Crippen LogP contribution in [0.15, 0.2) is 60.9 Å². The maximum Gasteiger partial charge on any atom is 0.407 e. The van der Waals surface area contributed by atoms with Gasteiger partial charge in [-0.2, -0.15) is 11.8 Å². The number of carbonyl (C=O) groups excluding carboxylic acids is 4. The molecule has 2 aromatic heterocycles. The minimum absolute atomic E-state index is 0.109. The lowest BCUT2D eigenvalue weighted by Crippen LogP contribution is -2.54. The summed E-state index contributed by atoms with van der Waals surface area (Å²) in [6.07, 6.45) is 6.06. The van der Waals surface area contributed by atoms with Crippen molar-refractivity contribution >= 4 is 35.8 Å². The maximum absolute atomic E-state index is 13.8. The lowest BCUT2D eigenvalue weighted by atomic mass is 10.0. The first kappa shape index (κ1) is 41.3. The number of hydrogen-bond acceptors (Lipinski definition) is 10. The smallest absolute Gasteiger partial charge is 0.407 e. The number of amides is 4. The van der Waals surface area contributed by atoms with Crippen LogP contribution in [0.5, 0.6) is 0 Å². The summed E-state index contributed by atoms with van der Waals surface area (Å²) < 4.78 is 15.0. The number of likely N-dealkylation sites (tertiary alicyclic amines) is 2. The number of nitrogens with zero attached hydrogens (tertiary/aromatic N) is 4. The minimum atomic E-state index is -0.916. The zero-order valence-corrected chi connectivity index (χ0v) is 34.2. The van der Waals surface area contributed by atoms with Crippen molar-refractivity contribution in [2.75, 3.05) is 40.7 Å². The highest BCUT2D eigenvalue weighted by molar-refractivity contribution is 7.99. The van der Waals surface area contributed by atoms with Gasteiger partial charge in [0.2, 0.25) is 11.8 Å². The summed E-state index contributed by atoms with van der Waals surface area (Å²) in [6.45, 7) is 6.64. The van der Waals surface area contributed by atoms with E-state index in [9.17, 15) is 19.2 Å². The first-order valence-corrected chi connectivity index (χ1v) is 20.4. The Morgan fingerprint density at radius 3 is 1.72 bits per heavy atom. The Kier molecular flexibility index (Phi) is 13.2. The normalized spacial score (nSPS) is 19.6. The Morgan fingerprint density at radius 1 is 0.737 bits per heavy atom. The van der Waals surface area contributed by atoms with E-state index in [2.05, 4.69) is 49.9 Å². The Balaban J connectivity index is 1.13. The highest BCUT2D eigenvalue weighted by atomic mass is 32.2. The van der Waals surface area contributed by atoms with Crippen LogP contribution >= 0.6 is 11.8 Å². The molecule has 57 heavy (non-hydrogen) atoms.